The van der Waals surface area contributed by atoms with Gasteiger partial charge in [0.25, 0.3) is 0 Å². The summed E-state index contributed by atoms with van der Waals surface area (Å²) in [7, 11) is 0. The van der Waals surface area contributed by atoms with Gasteiger partial charge in [0.05, 0.1) is 24.2 Å². The quantitative estimate of drug-likeness (QED) is 0.0433. The third-order valence-corrected chi connectivity index (χ3v) is 28.5. The molecule has 6 N–H and O–H groups in total. The van der Waals surface area contributed by atoms with Crippen LogP contribution in [0.15, 0.2) is 119 Å². The van der Waals surface area contributed by atoms with Gasteiger partial charge in [-0.2, -0.15) is 0 Å². The predicted octanol–water partition coefficient (Wildman–Crippen LogP) is 21.6. The lowest BCUT2D eigenvalue weighted by molar-refractivity contribution is -0.142. The van der Waals surface area contributed by atoms with Gasteiger partial charge in [-0.3, -0.25) is 24.0 Å². The van der Waals surface area contributed by atoms with E-state index in [4.69, 9.17) is 24.7 Å². The Hall–Kier alpha value is -9.73. The highest BCUT2D eigenvalue weighted by atomic mass is 16.6. The Morgan fingerprint density at radius 2 is 0.716 bits per heavy atom. The molecule has 11 aliphatic rings. The van der Waals surface area contributed by atoms with Gasteiger partial charge in [0, 0.05) is 70.0 Å². The number of nitrogens with one attached hydrogen (secondary N) is 4. The molecule has 3 fully saturated rings. The van der Waals surface area contributed by atoms with Crippen LogP contribution < -0.4 is 27.0 Å². The van der Waals surface area contributed by atoms with Crippen molar-refractivity contribution in [2.75, 3.05) is 32.7 Å². The molecule has 22 nitrogen and oxygen atoms in total. The molecule has 22 heteroatoms. The Bertz CT molecular complexity index is 4960. The summed E-state index contributed by atoms with van der Waals surface area (Å²) in [6, 6.07) is 34.9. The zero-order valence-corrected chi connectivity index (χ0v) is 84.7. The minimum atomic E-state index is -0.868. The van der Waals surface area contributed by atoms with E-state index in [1.165, 1.54) is 89.1 Å². The first kappa shape index (κ1) is 103. The molecule has 4 aromatic rings. The molecule has 15 rings (SSSR count). The third kappa shape index (κ3) is 28.0. The summed E-state index contributed by atoms with van der Waals surface area (Å²) in [6.07, 6.45) is 21.7. The molecular weight excluding hydrogens is 1680 g/mol. The average molecular weight is 1840 g/mol. The van der Waals surface area contributed by atoms with Gasteiger partial charge in [0.1, 0.15) is 28.4 Å². The lowest BCUT2D eigenvalue weighted by Crippen LogP contribution is -2.54. The van der Waals surface area contributed by atoms with Crippen molar-refractivity contribution in [2.24, 2.45) is 53.1 Å². The number of nitrogens with two attached hydrogens (primary N) is 1. The summed E-state index contributed by atoms with van der Waals surface area (Å²) in [6.45, 7) is 43.7. The van der Waals surface area contributed by atoms with Gasteiger partial charge in [-0.25, -0.2) is 19.2 Å². The minimum absolute atomic E-state index is 0.00821. The Morgan fingerprint density at radius 3 is 1.09 bits per heavy atom. The van der Waals surface area contributed by atoms with Crippen LogP contribution in [0.25, 0.3) is 22.3 Å². The van der Waals surface area contributed by atoms with E-state index in [0.29, 0.717) is 85.1 Å². The van der Waals surface area contributed by atoms with Crippen LogP contribution >= 0.6 is 0 Å². The second-order valence-corrected chi connectivity index (χ2v) is 45.8. The highest BCUT2D eigenvalue weighted by Gasteiger charge is 2.46. The van der Waals surface area contributed by atoms with Crippen LogP contribution in [0, 0.1) is 47.3 Å². The number of carbonyl (C=O) groups excluding carboxylic acids is 9. The van der Waals surface area contributed by atoms with E-state index in [0.717, 1.165) is 167 Å². The highest BCUT2D eigenvalue weighted by molar-refractivity contribution is 5.90. The van der Waals surface area contributed by atoms with E-state index in [-0.39, 0.29) is 79.2 Å². The average Bonchev–Trinajstić information content (AvgIpc) is 1.62. The van der Waals surface area contributed by atoms with Crippen molar-refractivity contribution in [3.63, 3.8) is 0 Å². The number of alkyl carbamates (subject to hydrolysis) is 4. The van der Waals surface area contributed by atoms with E-state index < -0.39 is 40.4 Å². The molecule has 9 amide bonds. The summed E-state index contributed by atoms with van der Waals surface area (Å²) in [5, 5.41) is 11.6. The molecule has 0 spiro atoms. The molecule has 0 aromatic heterocycles. The number of ether oxygens (including phenoxy) is 4. The second-order valence-electron chi connectivity index (χ2n) is 45.8. The van der Waals surface area contributed by atoms with Gasteiger partial charge in [-0.15, -0.1) is 0 Å². The maximum Gasteiger partial charge on any atom is 0.408 e. The molecule has 5 atom stereocenters. The standard InChI is InChI=1S/C30H44N2O3.C29H42N2O3.C27H38N2O3.C26H37N3O4/c1-20(2)18-27-26-19-22-8-6-7-9-24(22)25(26)16-17-32(27)28(33)15-12-21-10-13-23(14-11-21)31-29(34)35-30(3,4)5;1-19(2)16-26-25-18-21-8-6-7-9-23(21)24(25)14-15-31(26)27(32)17-20-10-12-22(13-11-20)30-28(33)34-29(3,4)5;1-17(2)12-24-23-15-19-8-6-7-9-21(19)22(23)10-11-29(24)25(30)20-13-18(14-20)16-28-26(31)32-27(3,4)5;1-16(2)14-22-20-15-17-8-6-7-9-18(17)19(20)12-13-29(22)24(31)21(10-11-23(27)30)28-25(32)33-26(3,4)5/h6-9,20-21,23,27H,10-19H2,1-5H3,(H,31,34);6-9,19-20,22,26H,10-18H2,1-5H3,(H,30,33);6-9,17-18,20,24H,10-16H2,1-5H3,(H,28,31);6-9,16,21-22H,10-15H2,1-5H3,(H2,27,30)(H,28,32)/t;;;21-,22?/m...1/s1. The molecule has 732 valence electrons. The van der Waals surface area contributed by atoms with Gasteiger partial charge in [-0.05, 0) is 368 Å². The van der Waals surface area contributed by atoms with Crippen molar-refractivity contribution in [3.05, 3.63) is 164 Å². The lowest BCUT2D eigenvalue weighted by Gasteiger charge is -2.43. The van der Waals surface area contributed by atoms with Crippen molar-refractivity contribution in [3.8, 4) is 0 Å². The van der Waals surface area contributed by atoms with Gasteiger partial charge in [0.2, 0.25) is 29.5 Å². The molecule has 0 saturated heterocycles. The van der Waals surface area contributed by atoms with Crippen LogP contribution in [0.5, 0.6) is 0 Å². The smallest absolute Gasteiger partial charge is 0.408 e. The molecule has 4 aliphatic heterocycles. The van der Waals surface area contributed by atoms with Gasteiger partial charge < -0.3 is 65.5 Å². The fourth-order valence-corrected chi connectivity index (χ4v) is 22.5. The summed E-state index contributed by atoms with van der Waals surface area (Å²) in [4.78, 5) is 123. The maximum atomic E-state index is 13.7. The number of rotatable bonds is 23. The third-order valence-electron chi connectivity index (χ3n) is 28.5. The van der Waals surface area contributed by atoms with Crippen molar-refractivity contribution in [1.82, 2.24) is 40.9 Å². The summed E-state index contributed by atoms with van der Waals surface area (Å²) < 4.78 is 21.5. The lowest BCUT2D eigenvalue weighted by atomic mass is 9.73. The van der Waals surface area contributed by atoms with Gasteiger partial charge >= 0.3 is 24.4 Å². The van der Waals surface area contributed by atoms with Gasteiger partial charge in [0.15, 0.2) is 0 Å². The zero-order valence-electron chi connectivity index (χ0n) is 84.7. The summed E-state index contributed by atoms with van der Waals surface area (Å²) in [5.74, 6) is 3.70. The van der Waals surface area contributed by atoms with Gasteiger partial charge in [-0.1, -0.05) is 152 Å². The first-order valence-corrected chi connectivity index (χ1v) is 50.9. The first-order chi connectivity index (χ1) is 63.3. The van der Waals surface area contributed by atoms with E-state index >= 15 is 0 Å². The zero-order chi connectivity index (χ0) is 97.0. The van der Waals surface area contributed by atoms with E-state index in [2.05, 4.69) is 188 Å². The molecule has 0 radical (unpaired) electrons. The van der Waals surface area contributed by atoms with E-state index in [1.54, 1.807) is 20.8 Å². The number of nitrogens with zero attached hydrogens (tertiary/aromatic N) is 4. The SMILES string of the molecule is CC(C)CC1C2=C(CCN1C(=O)C1CC(CNC(=O)OC(C)(C)C)C1)c1ccccc1C2.CC(C)CC1C2=C(CCN1C(=O)CC1CCC(NC(=O)OC(C)(C)C)CC1)c1ccccc1C2.CC(C)CC1C2=C(CCN1C(=O)CCC1CCC(NC(=O)OC(C)(C)C)CC1)c1ccccc1C2.CC(C)CC1C2=C(CCN1C(=O)[C@@H](CCC(N)=O)NC(=O)OC(C)(C)C)c1ccccc1C2. The molecule has 4 heterocycles. The number of hydrogen-bond donors (Lipinski definition) is 5. The monoisotopic (exact) mass is 1840 g/mol. The summed E-state index contributed by atoms with van der Waals surface area (Å²) >= 11 is 0. The molecule has 4 aromatic carbocycles. The van der Waals surface area contributed by atoms with E-state index in [9.17, 15) is 43.2 Å². The fourth-order valence-electron chi connectivity index (χ4n) is 22.5. The van der Waals surface area contributed by atoms with Crippen LogP contribution in [0.2, 0.25) is 0 Å². The van der Waals surface area contributed by atoms with Crippen molar-refractivity contribution < 1.29 is 62.1 Å². The number of primary amides is 1. The van der Waals surface area contributed by atoms with Crippen LogP contribution in [-0.4, -0.2) is 171 Å². The predicted molar refractivity (Wildman–Crippen MR) is 533 cm³/mol. The molecule has 3 saturated carbocycles. The van der Waals surface area contributed by atoms with Crippen LogP contribution in [0.4, 0.5) is 19.2 Å². The van der Waals surface area contributed by atoms with Crippen LogP contribution in [-0.2, 0) is 68.6 Å². The second kappa shape index (κ2) is 45.0. The molecule has 0 bridgehead atoms. The largest absolute Gasteiger partial charge is 0.444 e. The van der Waals surface area contributed by atoms with Crippen molar-refractivity contribution in [2.45, 2.75) is 377 Å². The fraction of sp³-hybridized carbons (Fsp3) is 0.634. The molecule has 4 unspecified atom stereocenters. The minimum Gasteiger partial charge on any atom is -0.444 e. The molecule has 134 heavy (non-hydrogen) atoms. The Kier molecular flexibility index (Phi) is 34.7. The number of hydrogen-bond acceptors (Lipinski definition) is 13. The van der Waals surface area contributed by atoms with Crippen LogP contribution in [0.1, 0.15) is 331 Å². The van der Waals surface area contributed by atoms with Crippen molar-refractivity contribution in [1.29, 1.82) is 0 Å². The Balaban J connectivity index is 0.000000161. The number of carbonyl (C=O) groups is 9. The maximum absolute atomic E-state index is 13.7. The Morgan fingerprint density at radius 1 is 0.388 bits per heavy atom. The number of benzene rings is 4. The molecule has 7 aliphatic carbocycles. The van der Waals surface area contributed by atoms with Crippen molar-refractivity contribution >= 4 is 76.2 Å². The molecular formula is C112H161N9O13. The Labute approximate surface area is 800 Å². The first-order valence-electron chi connectivity index (χ1n) is 50.9. The number of amides is 9. The summed E-state index contributed by atoms with van der Waals surface area (Å²) in [5.41, 5.74) is 25.9. The van der Waals surface area contributed by atoms with Crippen LogP contribution in [0.3, 0.4) is 0 Å². The normalized spacial score (nSPS) is 23.1. The highest BCUT2D eigenvalue weighted by Crippen LogP contribution is 2.49. The van der Waals surface area contributed by atoms with E-state index in [1.807, 2.05) is 67.2 Å². The topological polar surface area (TPSA) is 278 Å². The number of fused-ring (bicyclic) bond motifs is 8.